The normalized spacial score (nSPS) is 26.5. The lowest BCUT2D eigenvalue weighted by Crippen LogP contribution is -2.63. The van der Waals surface area contributed by atoms with Gasteiger partial charge in [-0.25, -0.2) is 0 Å². The van der Waals surface area contributed by atoms with Crippen LogP contribution < -0.4 is 21.7 Å². The number of carbonyl (C=O) groups excluding carboxylic acids is 5. The molecule has 3 saturated carbocycles. The average molecular weight is 604 g/mol. The first-order chi connectivity index (χ1) is 20.4. The fraction of sp³-hybridized carbons (Fsp3) is 0.844. The van der Waals surface area contributed by atoms with Crippen LogP contribution in [0.1, 0.15) is 117 Å². The summed E-state index contributed by atoms with van der Waals surface area (Å²) in [6, 6.07) is -3.00. The summed E-state index contributed by atoms with van der Waals surface area (Å²) in [5, 5.41) is 19.4. The smallest absolute Gasteiger partial charge is 0.251 e. The zero-order valence-electron chi connectivity index (χ0n) is 26.2. The van der Waals surface area contributed by atoms with Crippen molar-refractivity contribution in [1.82, 2.24) is 20.9 Å². The Balaban J connectivity index is 1.56. The lowest BCUT2D eigenvalue weighted by atomic mass is 9.81. The third kappa shape index (κ3) is 8.08. The molecule has 1 heterocycles. The third-order valence-corrected chi connectivity index (χ3v) is 10.3. The Kier molecular flexibility index (Phi) is 11.1. The molecule has 0 bridgehead atoms. The van der Waals surface area contributed by atoms with E-state index in [2.05, 4.69) is 16.0 Å². The zero-order chi connectivity index (χ0) is 31.3. The van der Waals surface area contributed by atoms with Gasteiger partial charge in [0.15, 0.2) is 6.10 Å². The molecule has 6 unspecified atom stereocenters. The van der Waals surface area contributed by atoms with Crippen LogP contribution in [-0.4, -0.2) is 75.9 Å². The van der Waals surface area contributed by atoms with Gasteiger partial charge in [-0.15, -0.1) is 0 Å². The van der Waals surface area contributed by atoms with E-state index in [4.69, 9.17) is 5.73 Å². The number of nitrogens with two attached hydrogens (primary N) is 1. The number of carbonyl (C=O) groups is 5. The fourth-order valence-electron chi connectivity index (χ4n) is 7.32. The van der Waals surface area contributed by atoms with Gasteiger partial charge in [-0.1, -0.05) is 45.4 Å². The average Bonchev–Trinajstić information content (AvgIpc) is 3.71. The quantitative estimate of drug-likeness (QED) is 0.216. The van der Waals surface area contributed by atoms with E-state index in [1.54, 1.807) is 18.7 Å². The van der Waals surface area contributed by atoms with Crippen molar-refractivity contribution in [1.29, 1.82) is 0 Å². The molecule has 4 aliphatic rings. The number of amides is 5. The highest BCUT2D eigenvalue weighted by molar-refractivity contribution is 5.97. The van der Waals surface area contributed by atoms with Crippen LogP contribution in [0.2, 0.25) is 0 Å². The van der Waals surface area contributed by atoms with Gasteiger partial charge < -0.3 is 31.7 Å². The van der Waals surface area contributed by atoms with Gasteiger partial charge in [0.2, 0.25) is 23.6 Å². The maximum atomic E-state index is 14.5. The Morgan fingerprint density at radius 1 is 0.930 bits per heavy atom. The Labute approximate surface area is 255 Å². The molecule has 43 heavy (non-hydrogen) atoms. The molecule has 0 radical (unpaired) electrons. The molecule has 0 aromatic heterocycles. The molecule has 3 aliphatic carbocycles. The second-order valence-corrected chi connectivity index (χ2v) is 14.0. The van der Waals surface area contributed by atoms with Crippen LogP contribution in [0.3, 0.4) is 0 Å². The minimum absolute atomic E-state index is 0.0741. The molecule has 1 saturated heterocycles. The summed E-state index contributed by atoms with van der Waals surface area (Å²) in [6.45, 7) is 5.04. The van der Waals surface area contributed by atoms with Crippen molar-refractivity contribution >= 4 is 29.5 Å². The van der Waals surface area contributed by atoms with Gasteiger partial charge in [0.1, 0.15) is 12.1 Å². The number of nitrogens with one attached hydrogen (secondary N) is 3. The van der Waals surface area contributed by atoms with Crippen molar-refractivity contribution in [3.8, 4) is 0 Å². The van der Waals surface area contributed by atoms with Crippen molar-refractivity contribution in [2.45, 2.75) is 153 Å². The van der Waals surface area contributed by atoms with Crippen molar-refractivity contribution < 1.29 is 29.1 Å². The molecule has 6 N–H and O–H groups in total. The highest BCUT2D eigenvalue weighted by Gasteiger charge is 2.52. The molecular weight excluding hydrogens is 550 g/mol. The monoisotopic (exact) mass is 603 g/mol. The molecule has 0 aromatic rings. The van der Waals surface area contributed by atoms with E-state index in [1.807, 2.05) is 6.92 Å². The Morgan fingerprint density at radius 3 is 2.21 bits per heavy atom. The van der Waals surface area contributed by atoms with Crippen LogP contribution in [0.5, 0.6) is 0 Å². The lowest BCUT2D eigenvalue weighted by Gasteiger charge is -2.40. The molecule has 1 aliphatic heterocycles. The van der Waals surface area contributed by atoms with Gasteiger partial charge in [-0.3, -0.25) is 24.0 Å². The van der Waals surface area contributed by atoms with Crippen LogP contribution >= 0.6 is 0 Å². The molecule has 4 fully saturated rings. The van der Waals surface area contributed by atoms with E-state index in [-0.39, 0.29) is 36.2 Å². The minimum Gasteiger partial charge on any atom is -0.381 e. The summed E-state index contributed by atoms with van der Waals surface area (Å²) in [6.07, 6.45) is 10.9. The maximum absolute atomic E-state index is 14.5. The zero-order valence-corrected chi connectivity index (χ0v) is 26.2. The highest BCUT2D eigenvalue weighted by atomic mass is 16.3. The first-order valence-electron chi connectivity index (χ1n) is 16.6. The molecule has 242 valence electrons. The van der Waals surface area contributed by atoms with Crippen LogP contribution in [0.25, 0.3) is 0 Å². The Hall–Kier alpha value is -2.69. The molecule has 0 spiro atoms. The standard InChI is InChI=1S/C32H53N5O6/c1-4-10-22(26(39)29(41)34-21-15-16-21)35-28(40)24-18-20-13-8-9-14-23(20)37(24)30(42)27(32(2,3)31(33)43)36-25(38)17-19-11-6-5-7-12-19/h19-24,26-27,39H,4-18H2,1-3H3,(H2,33,43)(H,34,41)(H,35,40)(H,36,38). The number of hydrogen-bond donors (Lipinski definition) is 5. The van der Waals surface area contributed by atoms with Crippen LogP contribution in [-0.2, 0) is 24.0 Å². The topological polar surface area (TPSA) is 171 Å². The van der Waals surface area contributed by atoms with Crippen molar-refractivity contribution in [3.05, 3.63) is 0 Å². The van der Waals surface area contributed by atoms with Gasteiger partial charge in [-0.2, -0.15) is 0 Å². The molecule has 4 rings (SSSR count). The number of hydrogen-bond acceptors (Lipinski definition) is 6. The van der Waals surface area contributed by atoms with Crippen LogP contribution in [0.4, 0.5) is 0 Å². The lowest BCUT2D eigenvalue weighted by molar-refractivity contribution is -0.150. The molecule has 0 aromatic carbocycles. The Bertz CT molecular complexity index is 1040. The summed E-state index contributed by atoms with van der Waals surface area (Å²) in [4.78, 5) is 68.5. The number of rotatable bonds is 13. The third-order valence-electron chi connectivity index (χ3n) is 10.3. The van der Waals surface area contributed by atoms with E-state index in [9.17, 15) is 29.1 Å². The molecular formula is C32H53N5O6. The van der Waals surface area contributed by atoms with Gasteiger partial charge in [-0.05, 0) is 77.0 Å². The first kappa shape index (κ1) is 33.2. The highest BCUT2D eigenvalue weighted by Crippen LogP contribution is 2.41. The predicted molar refractivity (Wildman–Crippen MR) is 161 cm³/mol. The SMILES string of the molecule is CCCC(NC(=O)C1CC2CCCCC2N1C(=O)C(NC(=O)CC1CCCCC1)C(C)(C)C(N)=O)C(O)C(=O)NC1CC1. The maximum Gasteiger partial charge on any atom is 0.251 e. The number of fused-ring (bicyclic) bond motifs is 1. The number of primary amides is 1. The predicted octanol–water partition coefficient (Wildman–Crippen LogP) is 2.04. The van der Waals surface area contributed by atoms with E-state index < -0.39 is 53.3 Å². The summed E-state index contributed by atoms with van der Waals surface area (Å²) in [7, 11) is 0. The fourth-order valence-corrected chi connectivity index (χ4v) is 7.32. The largest absolute Gasteiger partial charge is 0.381 e. The number of nitrogens with zero attached hydrogens (tertiary/aromatic N) is 1. The number of likely N-dealkylation sites (tertiary alicyclic amines) is 1. The summed E-state index contributed by atoms with van der Waals surface area (Å²) < 4.78 is 0. The number of aliphatic hydroxyl groups is 1. The van der Waals surface area contributed by atoms with E-state index >= 15 is 0 Å². The molecule has 6 atom stereocenters. The van der Waals surface area contributed by atoms with Crippen LogP contribution in [0.15, 0.2) is 0 Å². The summed E-state index contributed by atoms with van der Waals surface area (Å²) in [5.41, 5.74) is 4.39. The van der Waals surface area contributed by atoms with Crippen molar-refractivity contribution in [2.24, 2.45) is 23.0 Å². The van der Waals surface area contributed by atoms with E-state index in [0.717, 1.165) is 70.6 Å². The molecule has 11 nitrogen and oxygen atoms in total. The molecule has 5 amide bonds. The van der Waals surface area contributed by atoms with Crippen LogP contribution in [0, 0.1) is 17.3 Å². The summed E-state index contributed by atoms with van der Waals surface area (Å²) in [5.74, 6) is -2.05. The summed E-state index contributed by atoms with van der Waals surface area (Å²) >= 11 is 0. The van der Waals surface area contributed by atoms with Gasteiger partial charge in [0.05, 0.1) is 11.5 Å². The van der Waals surface area contributed by atoms with Gasteiger partial charge in [0, 0.05) is 18.5 Å². The second kappa shape index (κ2) is 14.4. The van der Waals surface area contributed by atoms with Crippen molar-refractivity contribution in [3.63, 3.8) is 0 Å². The second-order valence-electron chi connectivity index (χ2n) is 14.0. The van der Waals surface area contributed by atoms with E-state index in [0.29, 0.717) is 19.3 Å². The van der Waals surface area contributed by atoms with Crippen molar-refractivity contribution in [2.75, 3.05) is 0 Å². The van der Waals surface area contributed by atoms with Gasteiger partial charge in [0.25, 0.3) is 5.91 Å². The van der Waals surface area contributed by atoms with Gasteiger partial charge >= 0.3 is 0 Å². The Morgan fingerprint density at radius 2 is 1.58 bits per heavy atom. The number of aliphatic hydroxyl groups excluding tert-OH is 1. The van der Waals surface area contributed by atoms with E-state index in [1.165, 1.54) is 0 Å². The first-order valence-corrected chi connectivity index (χ1v) is 16.6. The molecule has 11 heteroatoms. The minimum atomic E-state index is -1.40.